The fraction of sp³-hybridized carbons (Fsp3) is 0.133. The van der Waals surface area contributed by atoms with E-state index in [-0.39, 0.29) is 17.3 Å². The van der Waals surface area contributed by atoms with Crippen LogP contribution in [0.25, 0.3) is 10.2 Å². The van der Waals surface area contributed by atoms with Crippen molar-refractivity contribution in [3.05, 3.63) is 57.8 Å². The monoisotopic (exact) mass is 299 g/mol. The summed E-state index contributed by atoms with van der Waals surface area (Å²) in [7, 11) is 0. The van der Waals surface area contributed by atoms with Gasteiger partial charge >= 0.3 is 4.87 Å². The Bertz CT molecular complexity index is 866. The van der Waals surface area contributed by atoms with Crippen molar-refractivity contribution >= 4 is 33.3 Å². The zero-order chi connectivity index (χ0) is 14.8. The van der Waals surface area contributed by atoms with Gasteiger partial charge in [0.15, 0.2) is 0 Å². The van der Waals surface area contributed by atoms with E-state index in [9.17, 15) is 9.59 Å². The normalized spacial score (nSPS) is 10.7. The molecule has 0 fully saturated rings. The van der Waals surface area contributed by atoms with Gasteiger partial charge in [0.05, 0.1) is 10.2 Å². The van der Waals surface area contributed by atoms with Crippen molar-refractivity contribution < 1.29 is 4.79 Å². The minimum absolute atomic E-state index is 0.0150. The van der Waals surface area contributed by atoms with Crippen molar-refractivity contribution in [3.63, 3.8) is 0 Å². The lowest BCUT2D eigenvalue weighted by Crippen LogP contribution is -2.24. The first kappa shape index (κ1) is 13.5. The molecule has 3 aromatic rings. The molecule has 1 N–H and O–H groups in total. The molecule has 0 bridgehead atoms. The van der Waals surface area contributed by atoms with Gasteiger partial charge in [-0.1, -0.05) is 29.5 Å². The van der Waals surface area contributed by atoms with Gasteiger partial charge in [-0.15, -0.1) is 0 Å². The van der Waals surface area contributed by atoms with Crippen LogP contribution in [-0.4, -0.2) is 15.5 Å². The van der Waals surface area contributed by atoms with Crippen LogP contribution in [0.4, 0.5) is 5.82 Å². The second-order valence-electron chi connectivity index (χ2n) is 4.64. The Morgan fingerprint density at radius 1 is 1.29 bits per heavy atom. The van der Waals surface area contributed by atoms with Crippen LogP contribution in [0.5, 0.6) is 0 Å². The van der Waals surface area contributed by atoms with Crippen LogP contribution in [0.3, 0.4) is 0 Å². The number of thiazole rings is 1. The van der Waals surface area contributed by atoms with Gasteiger partial charge in [-0.05, 0) is 30.7 Å². The Morgan fingerprint density at radius 3 is 2.90 bits per heavy atom. The molecule has 0 saturated carbocycles. The Morgan fingerprint density at radius 2 is 2.10 bits per heavy atom. The Balaban J connectivity index is 1.86. The quantitative estimate of drug-likeness (QED) is 0.807. The van der Waals surface area contributed by atoms with Gasteiger partial charge in [-0.3, -0.25) is 14.2 Å². The Labute approximate surface area is 124 Å². The van der Waals surface area contributed by atoms with Gasteiger partial charge in [0, 0.05) is 6.20 Å². The lowest BCUT2D eigenvalue weighted by atomic mass is 10.3. The second kappa shape index (κ2) is 5.49. The van der Waals surface area contributed by atoms with Crippen LogP contribution < -0.4 is 10.2 Å². The van der Waals surface area contributed by atoms with Crippen molar-refractivity contribution in [2.45, 2.75) is 13.5 Å². The lowest BCUT2D eigenvalue weighted by molar-refractivity contribution is -0.116. The summed E-state index contributed by atoms with van der Waals surface area (Å²) in [4.78, 5) is 28.1. The third-order valence-electron chi connectivity index (χ3n) is 3.14. The van der Waals surface area contributed by atoms with Crippen molar-refractivity contribution in [3.8, 4) is 0 Å². The van der Waals surface area contributed by atoms with Crippen molar-refractivity contribution in [1.29, 1.82) is 0 Å². The predicted octanol–water partition coefficient (Wildman–Crippen LogP) is 2.41. The summed E-state index contributed by atoms with van der Waals surface area (Å²) in [5.74, 6) is 0.262. The zero-order valence-corrected chi connectivity index (χ0v) is 12.2. The van der Waals surface area contributed by atoms with Gasteiger partial charge in [0.25, 0.3) is 0 Å². The lowest BCUT2D eigenvalue weighted by Gasteiger charge is -2.07. The number of rotatable bonds is 3. The first-order chi connectivity index (χ1) is 10.1. The van der Waals surface area contributed by atoms with Crippen LogP contribution in [-0.2, 0) is 11.3 Å². The smallest absolute Gasteiger partial charge is 0.308 e. The van der Waals surface area contributed by atoms with E-state index in [0.717, 1.165) is 27.1 Å². The molecule has 0 aliphatic carbocycles. The molecule has 6 heteroatoms. The van der Waals surface area contributed by atoms with E-state index in [0.29, 0.717) is 5.82 Å². The third kappa shape index (κ3) is 2.71. The number of amides is 1. The molecule has 0 spiro atoms. The molecular weight excluding hydrogens is 286 g/mol. The van der Waals surface area contributed by atoms with E-state index in [2.05, 4.69) is 10.3 Å². The maximum absolute atomic E-state index is 12.1. The summed E-state index contributed by atoms with van der Waals surface area (Å²) < 4.78 is 2.36. The number of aromatic nitrogens is 2. The van der Waals surface area contributed by atoms with Crippen molar-refractivity contribution in [1.82, 2.24) is 9.55 Å². The van der Waals surface area contributed by atoms with E-state index in [1.807, 2.05) is 43.3 Å². The third-order valence-corrected chi connectivity index (χ3v) is 4.10. The number of para-hydroxylation sites is 1. The average molecular weight is 299 g/mol. The minimum atomic E-state index is -0.262. The number of fused-ring (bicyclic) bond motifs is 1. The number of benzene rings is 1. The van der Waals surface area contributed by atoms with Gasteiger partial charge in [0.2, 0.25) is 5.91 Å². The Kier molecular flexibility index (Phi) is 3.53. The molecule has 21 heavy (non-hydrogen) atoms. The van der Waals surface area contributed by atoms with Crippen LogP contribution in [0, 0.1) is 6.92 Å². The summed E-state index contributed by atoms with van der Waals surface area (Å²) in [6.45, 7) is 1.85. The zero-order valence-electron chi connectivity index (χ0n) is 11.4. The van der Waals surface area contributed by atoms with Gasteiger partial charge in [-0.2, -0.15) is 0 Å². The van der Waals surface area contributed by atoms with E-state index in [4.69, 9.17) is 0 Å². The summed E-state index contributed by atoms with van der Waals surface area (Å²) in [5.41, 5.74) is 1.66. The number of nitrogens with zero attached hydrogens (tertiary/aromatic N) is 2. The molecule has 0 radical (unpaired) electrons. The van der Waals surface area contributed by atoms with Crippen LogP contribution >= 0.6 is 11.3 Å². The highest BCUT2D eigenvalue weighted by molar-refractivity contribution is 7.16. The molecule has 3 rings (SSSR count). The number of pyridine rings is 1. The van der Waals surface area contributed by atoms with Gasteiger partial charge in [0.1, 0.15) is 12.4 Å². The maximum Gasteiger partial charge on any atom is 0.308 e. The molecule has 1 amide bonds. The first-order valence-electron chi connectivity index (χ1n) is 6.45. The maximum atomic E-state index is 12.1. The molecule has 0 aliphatic heterocycles. The highest BCUT2D eigenvalue weighted by Crippen LogP contribution is 2.16. The van der Waals surface area contributed by atoms with E-state index in [1.54, 1.807) is 6.20 Å². The van der Waals surface area contributed by atoms with Crippen LogP contribution in [0.15, 0.2) is 47.4 Å². The number of carbonyl (C=O) groups is 1. The highest BCUT2D eigenvalue weighted by Gasteiger charge is 2.12. The SMILES string of the molecule is Cc1cccnc1NC(=O)Cn1c(=O)sc2ccccc21. The summed E-state index contributed by atoms with van der Waals surface area (Å²) >= 11 is 1.14. The minimum Gasteiger partial charge on any atom is -0.309 e. The van der Waals surface area contributed by atoms with E-state index >= 15 is 0 Å². The first-order valence-corrected chi connectivity index (χ1v) is 7.26. The molecule has 5 nitrogen and oxygen atoms in total. The highest BCUT2D eigenvalue weighted by atomic mass is 32.1. The van der Waals surface area contributed by atoms with Crippen LogP contribution in [0.1, 0.15) is 5.56 Å². The Hall–Kier alpha value is -2.47. The van der Waals surface area contributed by atoms with Gasteiger partial charge in [-0.25, -0.2) is 4.98 Å². The summed E-state index contributed by atoms with van der Waals surface area (Å²) in [6.07, 6.45) is 1.62. The van der Waals surface area contributed by atoms with E-state index < -0.39 is 0 Å². The largest absolute Gasteiger partial charge is 0.309 e. The molecular formula is C15H13N3O2S. The van der Waals surface area contributed by atoms with Gasteiger partial charge < -0.3 is 5.32 Å². The average Bonchev–Trinajstić information content (AvgIpc) is 2.78. The molecule has 2 aromatic heterocycles. The predicted molar refractivity (Wildman–Crippen MR) is 83.7 cm³/mol. The molecule has 0 atom stereocenters. The number of aryl methyl sites for hydroxylation is 1. The van der Waals surface area contributed by atoms with Crippen LogP contribution in [0.2, 0.25) is 0 Å². The summed E-state index contributed by atoms with van der Waals surface area (Å²) in [6, 6.07) is 11.1. The number of hydrogen-bond acceptors (Lipinski definition) is 4. The fourth-order valence-corrected chi connectivity index (χ4v) is 2.99. The summed E-state index contributed by atoms with van der Waals surface area (Å²) in [5, 5.41) is 2.74. The van der Waals surface area contributed by atoms with Crippen molar-refractivity contribution in [2.75, 3.05) is 5.32 Å². The topological polar surface area (TPSA) is 64.0 Å². The standard InChI is InChI=1S/C15H13N3O2S/c1-10-5-4-8-16-14(10)17-13(19)9-18-11-6-2-3-7-12(11)21-15(18)20/h2-8H,9H2,1H3,(H,16,17,19). The number of nitrogens with one attached hydrogen (secondary N) is 1. The second-order valence-corrected chi connectivity index (χ2v) is 5.63. The fourth-order valence-electron chi connectivity index (χ4n) is 2.10. The number of hydrogen-bond donors (Lipinski definition) is 1. The molecule has 1 aromatic carbocycles. The number of carbonyl (C=O) groups excluding carboxylic acids is 1. The van der Waals surface area contributed by atoms with Crippen molar-refractivity contribution in [2.24, 2.45) is 0 Å². The molecule has 2 heterocycles. The molecule has 0 aliphatic rings. The molecule has 0 unspecified atom stereocenters. The molecule has 0 saturated heterocycles. The van der Waals surface area contributed by atoms with E-state index in [1.165, 1.54) is 4.57 Å². The molecule has 106 valence electrons. The number of anilines is 1.